The topological polar surface area (TPSA) is 80.5 Å². The van der Waals surface area contributed by atoms with Gasteiger partial charge in [-0.1, -0.05) is 0 Å². The summed E-state index contributed by atoms with van der Waals surface area (Å²) in [5.74, 6) is -1.49. The second kappa shape index (κ2) is 5.10. The van der Waals surface area contributed by atoms with E-state index in [2.05, 4.69) is 0 Å². The van der Waals surface area contributed by atoms with E-state index in [1.165, 1.54) is 6.92 Å². The summed E-state index contributed by atoms with van der Waals surface area (Å²) >= 11 is 0. The van der Waals surface area contributed by atoms with Crippen LogP contribution in [0.1, 0.15) is 13.3 Å². The highest BCUT2D eigenvalue weighted by Gasteiger charge is 2.48. The number of primary amides is 1. The van der Waals surface area contributed by atoms with E-state index in [1.54, 1.807) is 0 Å². The number of nitrogens with two attached hydrogens (primary N) is 1. The predicted octanol–water partition coefficient (Wildman–Crippen LogP) is 0.801. The van der Waals surface area contributed by atoms with Gasteiger partial charge in [0.05, 0.1) is 10.9 Å². The van der Waals surface area contributed by atoms with Crippen LogP contribution in [0.5, 0.6) is 0 Å². The van der Waals surface area contributed by atoms with Crippen molar-refractivity contribution in [1.29, 1.82) is 0 Å². The van der Waals surface area contributed by atoms with Gasteiger partial charge in [-0.2, -0.15) is 4.31 Å². The Morgan fingerprint density at radius 3 is 2.40 bits per heavy atom. The molecule has 2 N–H and O–H groups in total. The minimum atomic E-state index is -4.11. The van der Waals surface area contributed by atoms with Crippen LogP contribution in [0.4, 0.5) is 8.78 Å². The molecule has 20 heavy (non-hydrogen) atoms. The normalized spacial score (nSPS) is 27.6. The van der Waals surface area contributed by atoms with Crippen molar-refractivity contribution >= 4 is 15.9 Å². The molecule has 1 heterocycles. The van der Waals surface area contributed by atoms with Crippen molar-refractivity contribution in [2.24, 2.45) is 5.73 Å². The SMILES string of the molecule is C[C@H]1[C@H](F)C[C@@H](C(N)=O)N1S(=O)(=O)c1ccc(F)cc1. The number of hydrogen-bond donors (Lipinski definition) is 1. The fraction of sp³-hybridized carbons (Fsp3) is 0.417. The van der Waals surface area contributed by atoms with Crippen LogP contribution < -0.4 is 5.73 Å². The van der Waals surface area contributed by atoms with Crippen LogP contribution in [0.3, 0.4) is 0 Å². The maximum Gasteiger partial charge on any atom is 0.244 e. The van der Waals surface area contributed by atoms with Crippen LogP contribution in [-0.4, -0.2) is 36.9 Å². The lowest BCUT2D eigenvalue weighted by molar-refractivity contribution is -0.121. The van der Waals surface area contributed by atoms with Crippen molar-refractivity contribution in [2.45, 2.75) is 36.5 Å². The highest BCUT2D eigenvalue weighted by molar-refractivity contribution is 7.89. The van der Waals surface area contributed by atoms with Crippen LogP contribution in [0.15, 0.2) is 29.2 Å². The highest BCUT2D eigenvalue weighted by atomic mass is 32.2. The van der Waals surface area contributed by atoms with Gasteiger partial charge in [-0.05, 0) is 31.2 Å². The summed E-state index contributed by atoms with van der Waals surface area (Å²) in [4.78, 5) is 11.1. The third-order valence-corrected chi connectivity index (χ3v) is 5.41. The molecule has 1 aromatic carbocycles. The molecule has 5 nitrogen and oxygen atoms in total. The van der Waals surface area contributed by atoms with E-state index >= 15 is 0 Å². The number of halogens is 2. The van der Waals surface area contributed by atoms with Gasteiger partial charge in [-0.15, -0.1) is 0 Å². The number of sulfonamides is 1. The molecule has 1 aromatic rings. The molecule has 0 aliphatic carbocycles. The summed E-state index contributed by atoms with van der Waals surface area (Å²) in [5, 5.41) is 0. The molecule has 0 unspecified atom stereocenters. The van der Waals surface area contributed by atoms with E-state index in [0.29, 0.717) is 0 Å². The zero-order valence-corrected chi connectivity index (χ0v) is 11.5. The average molecular weight is 304 g/mol. The summed E-state index contributed by atoms with van der Waals surface area (Å²) in [5.41, 5.74) is 5.14. The van der Waals surface area contributed by atoms with E-state index in [0.717, 1.165) is 28.6 Å². The van der Waals surface area contributed by atoms with Crippen LogP contribution >= 0.6 is 0 Å². The Labute approximate surface area is 115 Å². The summed E-state index contributed by atoms with van der Waals surface area (Å²) in [6.45, 7) is 1.37. The number of benzene rings is 1. The molecule has 0 bridgehead atoms. The van der Waals surface area contributed by atoms with E-state index in [9.17, 15) is 22.0 Å². The van der Waals surface area contributed by atoms with Gasteiger partial charge >= 0.3 is 0 Å². The van der Waals surface area contributed by atoms with Crippen molar-refractivity contribution < 1.29 is 22.0 Å². The van der Waals surface area contributed by atoms with Crippen molar-refractivity contribution in [3.8, 4) is 0 Å². The Bertz CT molecular complexity index is 618. The molecule has 1 aliphatic rings. The van der Waals surface area contributed by atoms with Gasteiger partial charge in [-0.25, -0.2) is 17.2 Å². The van der Waals surface area contributed by atoms with Gasteiger partial charge in [0.25, 0.3) is 0 Å². The van der Waals surface area contributed by atoms with Crippen molar-refractivity contribution in [1.82, 2.24) is 4.31 Å². The second-order valence-corrected chi connectivity index (χ2v) is 6.54. The number of rotatable bonds is 3. The summed E-state index contributed by atoms with van der Waals surface area (Å²) < 4.78 is 52.2. The standard InChI is InChI=1S/C12H14F2N2O3S/c1-7-10(14)6-11(12(15)17)16(7)20(18,19)9-4-2-8(13)3-5-9/h2-5,7,10-11H,6H2,1H3,(H2,15,17)/t7-,10+,11-/m0/s1. The monoisotopic (exact) mass is 304 g/mol. The molecule has 2 rings (SSSR count). The first-order chi connectivity index (χ1) is 9.25. The van der Waals surface area contributed by atoms with Crippen molar-refractivity contribution in [3.05, 3.63) is 30.1 Å². The first-order valence-electron chi connectivity index (χ1n) is 5.97. The highest BCUT2D eigenvalue weighted by Crippen LogP contribution is 2.32. The second-order valence-electron chi connectivity index (χ2n) is 4.70. The van der Waals surface area contributed by atoms with Crippen molar-refractivity contribution in [2.75, 3.05) is 0 Å². The van der Waals surface area contributed by atoms with E-state index in [-0.39, 0.29) is 11.3 Å². The number of alkyl halides is 1. The lowest BCUT2D eigenvalue weighted by Gasteiger charge is -2.25. The first kappa shape index (κ1) is 14.9. The Morgan fingerprint density at radius 2 is 1.90 bits per heavy atom. The summed E-state index contributed by atoms with van der Waals surface area (Å²) in [6.07, 6.45) is -1.74. The average Bonchev–Trinajstić information content (AvgIpc) is 2.67. The minimum Gasteiger partial charge on any atom is -0.368 e. The number of hydrogen-bond acceptors (Lipinski definition) is 3. The zero-order chi connectivity index (χ0) is 15.1. The van der Waals surface area contributed by atoms with Crippen LogP contribution in [0, 0.1) is 5.82 Å². The minimum absolute atomic E-state index is 0.203. The molecule has 3 atom stereocenters. The molecule has 0 spiro atoms. The van der Waals surface area contributed by atoms with Crippen LogP contribution in [-0.2, 0) is 14.8 Å². The van der Waals surface area contributed by atoms with E-state index < -0.39 is 40.0 Å². The molecule has 0 aromatic heterocycles. The quantitative estimate of drug-likeness (QED) is 0.897. The molecule has 1 saturated heterocycles. The molecule has 1 aliphatic heterocycles. The molecule has 8 heteroatoms. The molecule has 1 fully saturated rings. The van der Waals surface area contributed by atoms with Gasteiger partial charge in [-0.3, -0.25) is 4.79 Å². The molecular weight excluding hydrogens is 290 g/mol. The smallest absolute Gasteiger partial charge is 0.244 e. The first-order valence-corrected chi connectivity index (χ1v) is 7.41. The summed E-state index contributed by atoms with van der Waals surface area (Å²) in [7, 11) is -4.11. The molecule has 110 valence electrons. The number of carbonyl (C=O) groups excluding carboxylic acids is 1. The number of nitrogens with zero attached hydrogens (tertiary/aromatic N) is 1. The van der Waals surface area contributed by atoms with Crippen molar-refractivity contribution in [3.63, 3.8) is 0 Å². The Balaban J connectivity index is 2.46. The van der Waals surface area contributed by atoms with Gasteiger partial charge < -0.3 is 5.73 Å². The fourth-order valence-corrected chi connectivity index (χ4v) is 4.13. The van der Waals surface area contributed by atoms with Gasteiger partial charge in [0.2, 0.25) is 15.9 Å². The van der Waals surface area contributed by atoms with E-state index in [1.807, 2.05) is 0 Å². The molecule has 0 saturated carbocycles. The maximum absolute atomic E-state index is 13.7. The Hall–Kier alpha value is -1.54. The lowest BCUT2D eigenvalue weighted by Crippen LogP contribution is -2.46. The van der Waals surface area contributed by atoms with Gasteiger partial charge in [0.1, 0.15) is 18.0 Å². The number of carbonyl (C=O) groups is 1. The maximum atomic E-state index is 13.7. The van der Waals surface area contributed by atoms with Gasteiger partial charge in [0.15, 0.2) is 0 Å². The summed E-state index contributed by atoms with van der Waals surface area (Å²) in [6, 6.07) is 1.89. The molecular formula is C12H14F2N2O3S. The zero-order valence-electron chi connectivity index (χ0n) is 10.7. The lowest BCUT2D eigenvalue weighted by atomic mass is 10.2. The Kier molecular flexibility index (Phi) is 3.79. The number of amides is 1. The van der Waals surface area contributed by atoms with Crippen LogP contribution in [0.25, 0.3) is 0 Å². The van der Waals surface area contributed by atoms with E-state index in [4.69, 9.17) is 5.73 Å². The predicted molar refractivity (Wildman–Crippen MR) is 67.4 cm³/mol. The van der Waals surface area contributed by atoms with Gasteiger partial charge in [0, 0.05) is 6.42 Å². The largest absolute Gasteiger partial charge is 0.368 e. The fourth-order valence-electron chi connectivity index (χ4n) is 2.31. The third-order valence-electron chi connectivity index (χ3n) is 3.40. The molecule has 0 radical (unpaired) electrons. The molecule has 1 amide bonds. The van der Waals surface area contributed by atoms with Crippen LogP contribution in [0.2, 0.25) is 0 Å². The Morgan fingerprint density at radius 1 is 1.35 bits per heavy atom. The third kappa shape index (κ3) is 2.40.